The smallest absolute Gasteiger partial charge is 0.161 e. The predicted octanol–water partition coefficient (Wildman–Crippen LogP) is 3.21. The molecule has 104 valence electrons. The van der Waals surface area contributed by atoms with Crippen LogP contribution in [0.3, 0.4) is 0 Å². The Morgan fingerprint density at radius 3 is 2.21 bits per heavy atom. The van der Waals surface area contributed by atoms with Crippen LogP contribution in [0.4, 0.5) is 0 Å². The second-order valence-corrected chi connectivity index (χ2v) is 6.29. The largest absolute Gasteiger partial charge is 0.493 e. The van der Waals surface area contributed by atoms with Gasteiger partial charge in [-0.05, 0) is 48.8 Å². The molecule has 0 aromatic heterocycles. The van der Waals surface area contributed by atoms with E-state index in [1.54, 1.807) is 14.2 Å². The van der Waals surface area contributed by atoms with Gasteiger partial charge < -0.3 is 15.2 Å². The van der Waals surface area contributed by atoms with Crippen molar-refractivity contribution < 1.29 is 9.47 Å². The Morgan fingerprint density at radius 1 is 1.00 bits per heavy atom. The van der Waals surface area contributed by atoms with Gasteiger partial charge in [0.25, 0.3) is 0 Å². The maximum Gasteiger partial charge on any atom is 0.161 e. The van der Waals surface area contributed by atoms with E-state index in [0.29, 0.717) is 5.41 Å². The van der Waals surface area contributed by atoms with Crippen molar-refractivity contribution in [3.63, 3.8) is 0 Å². The van der Waals surface area contributed by atoms with E-state index in [1.165, 1.54) is 31.2 Å². The first-order valence-electron chi connectivity index (χ1n) is 7.12. The summed E-state index contributed by atoms with van der Waals surface area (Å²) in [6, 6.07) is 6.09. The van der Waals surface area contributed by atoms with Gasteiger partial charge in [0.05, 0.1) is 14.2 Å². The van der Waals surface area contributed by atoms with E-state index in [9.17, 15) is 0 Å². The molecule has 3 heteroatoms. The number of rotatable bonds is 3. The summed E-state index contributed by atoms with van der Waals surface area (Å²) in [6.07, 6.45) is 7.72. The number of ether oxygens (including phenoxy) is 2. The van der Waals surface area contributed by atoms with Gasteiger partial charge in [-0.3, -0.25) is 0 Å². The summed E-state index contributed by atoms with van der Waals surface area (Å²) in [6.45, 7) is 0. The van der Waals surface area contributed by atoms with Gasteiger partial charge in [-0.25, -0.2) is 0 Å². The Bertz CT molecular complexity index is 470. The molecule has 19 heavy (non-hydrogen) atoms. The zero-order valence-corrected chi connectivity index (χ0v) is 11.9. The number of benzene rings is 1. The first-order chi connectivity index (χ1) is 9.11. The van der Waals surface area contributed by atoms with Crippen molar-refractivity contribution >= 4 is 0 Å². The van der Waals surface area contributed by atoms with Crippen molar-refractivity contribution in [1.82, 2.24) is 0 Å². The van der Waals surface area contributed by atoms with E-state index >= 15 is 0 Å². The molecule has 0 heterocycles. The first kappa shape index (κ1) is 12.8. The molecule has 1 spiro atoms. The number of hydrogen-bond donors (Lipinski definition) is 1. The van der Waals surface area contributed by atoms with Crippen LogP contribution >= 0.6 is 0 Å². The molecule has 2 aliphatic carbocycles. The Morgan fingerprint density at radius 2 is 1.63 bits per heavy atom. The highest BCUT2D eigenvalue weighted by atomic mass is 16.5. The molecule has 1 aromatic rings. The van der Waals surface area contributed by atoms with Crippen LogP contribution in [-0.2, 0) is 5.54 Å². The highest BCUT2D eigenvalue weighted by Crippen LogP contribution is 2.60. The molecule has 0 saturated heterocycles. The van der Waals surface area contributed by atoms with Crippen molar-refractivity contribution in [2.24, 2.45) is 11.1 Å². The van der Waals surface area contributed by atoms with Crippen LogP contribution < -0.4 is 15.2 Å². The minimum atomic E-state index is -0.163. The quantitative estimate of drug-likeness (QED) is 0.908. The minimum absolute atomic E-state index is 0.163. The molecule has 1 aromatic carbocycles. The van der Waals surface area contributed by atoms with Gasteiger partial charge in [-0.15, -0.1) is 0 Å². The maximum absolute atomic E-state index is 6.60. The van der Waals surface area contributed by atoms with Crippen molar-refractivity contribution in [2.75, 3.05) is 14.2 Å². The van der Waals surface area contributed by atoms with E-state index in [4.69, 9.17) is 15.2 Å². The molecule has 2 fully saturated rings. The molecular weight excluding hydrogens is 238 g/mol. The van der Waals surface area contributed by atoms with Gasteiger partial charge in [0.2, 0.25) is 0 Å². The fourth-order valence-electron chi connectivity index (χ4n) is 4.12. The van der Waals surface area contributed by atoms with Crippen molar-refractivity contribution in [1.29, 1.82) is 0 Å². The van der Waals surface area contributed by atoms with Crippen molar-refractivity contribution in [3.05, 3.63) is 23.8 Å². The Kier molecular flexibility index (Phi) is 2.97. The summed E-state index contributed by atoms with van der Waals surface area (Å²) >= 11 is 0. The normalized spacial score (nSPS) is 23.1. The lowest BCUT2D eigenvalue weighted by molar-refractivity contribution is 0.0311. The monoisotopic (exact) mass is 261 g/mol. The van der Waals surface area contributed by atoms with E-state index in [1.807, 2.05) is 12.1 Å². The SMILES string of the molecule is COc1ccc(C2(N)CC3(CCCC3)C2)cc1OC. The molecular formula is C16H23NO2. The number of nitrogens with two attached hydrogens (primary N) is 1. The Balaban J connectivity index is 1.83. The molecule has 2 aliphatic rings. The molecule has 0 radical (unpaired) electrons. The Hall–Kier alpha value is -1.22. The molecule has 2 saturated carbocycles. The van der Waals surface area contributed by atoms with E-state index in [0.717, 1.165) is 24.3 Å². The average molecular weight is 261 g/mol. The van der Waals surface area contributed by atoms with Gasteiger partial charge in [0.1, 0.15) is 0 Å². The zero-order chi connectivity index (χ0) is 13.5. The summed E-state index contributed by atoms with van der Waals surface area (Å²) in [4.78, 5) is 0. The van der Waals surface area contributed by atoms with Gasteiger partial charge in [0, 0.05) is 5.54 Å². The van der Waals surface area contributed by atoms with Crippen LogP contribution in [-0.4, -0.2) is 14.2 Å². The first-order valence-corrected chi connectivity index (χ1v) is 7.12. The third kappa shape index (κ3) is 2.00. The van der Waals surface area contributed by atoms with Gasteiger partial charge in [-0.2, -0.15) is 0 Å². The maximum atomic E-state index is 6.60. The molecule has 0 amide bonds. The van der Waals surface area contributed by atoms with Gasteiger partial charge in [0.15, 0.2) is 11.5 Å². The topological polar surface area (TPSA) is 44.5 Å². The second kappa shape index (κ2) is 4.41. The van der Waals surface area contributed by atoms with E-state index in [-0.39, 0.29) is 5.54 Å². The summed E-state index contributed by atoms with van der Waals surface area (Å²) < 4.78 is 10.7. The summed E-state index contributed by atoms with van der Waals surface area (Å²) in [5.74, 6) is 1.54. The Labute approximate surface area is 115 Å². The van der Waals surface area contributed by atoms with Crippen molar-refractivity contribution in [2.45, 2.75) is 44.1 Å². The molecule has 0 unspecified atom stereocenters. The summed E-state index contributed by atoms with van der Waals surface area (Å²) in [7, 11) is 3.33. The van der Waals surface area contributed by atoms with E-state index in [2.05, 4.69) is 6.07 Å². The molecule has 3 nitrogen and oxygen atoms in total. The standard InChI is InChI=1S/C16H23NO2/c1-18-13-6-5-12(9-14(13)19-2)16(17)10-15(11-16)7-3-4-8-15/h5-6,9H,3-4,7-8,10-11,17H2,1-2H3. The minimum Gasteiger partial charge on any atom is -0.493 e. The third-order valence-electron chi connectivity index (χ3n) is 5.00. The summed E-state index contributed by atoms with van der Waals surface area (Å²) in [5.41, 5.74) is 8.16. The summed E-state index contributed by atoms with van der Waals surface area (Å²) in [5, 5.41) is 0. The van der Waals surface area contributed by atoms with Crippen LogP contribution in [0.2, 0.25) is 0 Å². The van der Waals surface area contributed by atoms with E-state index < -0.39 is 0 Å². The number of hydrogen-bond acceptors (Lipinski definition) is 3. The lowest BCUT2D eigenvalue weighted by Gasteiger charge is -2.53. The molecule has 0 bridgehead atoms. The zero-order valence-electron chi connectivity index (χ0n) is 11.9. The van der Waals surface area contributed by atoms with Gasteiger partial charge in [-0.1, -0.05) is 18.9 Å². The highest BCUT2D eigenvalue weighted by molar-refractivity contribution is 5.46. The fourth-order valence-corrected chi connectivity index (χ4v) is 4.12. The lowest BCUT2D eigenvalue weighted by Crippen LogP contribution is -2.54. The van der Waals surface area contributed by atoms with Crippen LogP contribution in [0, 0.1) is 5.41 Å². The van der Waals surface area contributed by atoms with Crippen LogP contribution in [0.5, 0.6) is 11.5 Å². The molecule has 3 rings (SSSR count). The molecule has 0 atom stereocenters. The molecule has 0 aliphatic heterocycles. The predicted molar refractivity (Wildman–Crippen MR) is 75.5 cm³/mol. The third-order valence-corrected chi connectivity index (χ3v) is 5.00. The van der Waals surface area contributed by atoms with Gasteiger partial charge >= 0.3 is 0 Å². The molecule has 2 N–H and O–H groups in total. The van der Waals surface area contributed by atoms with Crippen molar-refractivity contribution in [3.8, 4) is 11.5 Å². The lowest BCUT2D eigenvalue weighted by atomic mass is 9.54. The van der Waals surface area contributed by atoms with Crippen LogP contribution in [0.15, 0.2) is 18.2 Å². The fraction of sp³-hybridized carbons (Fsp3) is 0.625. The van der Waals surface area contributed by atoms with Crippen LogP contribution in [0.1, 0.15) is 44.1 Å². The van der Waals surface area contributed by atoms with Crippen LogP contribution in [0.25, 0.3) is 0 Å². The number of methoxy groups -OCH3 is 2. The average Bonchev–Trinajstić information content (AvgIpc) is 2.86. The highest BCUT2D eigenvalue weighted by Gasteiger charge is 2.53. The second-order valence-electron chi connectivity index (χ2n) is 6.29.